The number of amides is 2. The van der Waals surface area contributed by atoms with Gasteiger partial charge in [-0.2, -0.15) is 5.10 Å². The van der Waals surface area contributed by atoms with Crippen LogP contribution in [0.4, 0.5) is 5.69 Å². The number of thiophene rings is 1. The van der Waals surface area contributed by atoms with Gasteiger partial charge in [0.15, 0.2) is 0 Å². The molecule has 1 aromatic carbocycles. The minimum Gasteiger partial charge on any atom is -0.348 e. The maximum absolute atomic E-state index is 12.6. The van der Waals surface area contributed by atoms with Crippen LogP contribution < -0.4 is 16.0 Å². The largest absolute Gasteiger partial charge is 0.348 e. The van der Waals surface area contributed by atoms with Crippen LogP contribution >= 0.6 is 11.3 Å². The Balaban J connectivity index is 0.00000240. The van der Waals surface area contributed by atoms with Crippen molar-refractivity contribution in [2.75, 3.05) is 18.4 Å². The zero-order valence-electron chi connectivity index (χ0n) is 15.2. The van der Waals surface area contributed by atoms with E-state index < -0.39 is 0 Å². The molecule has 3 heterocycles. The third kappa shape index (κ3) is 4.13. The van der Waals surface area contributed by atoms with Gasteiger partial charge in [0.25, 0.3) is 11.8 Å². The van der Waals surface area contributed by atoms with Crippen LogP contribution in [0.25, 0.3) is 11.1 Å². The first-order valence-corrected chi connectivity index (χ1v) is 10.1. The van der Waals surface area contributed by atoms with Gasteiger partial charge in [-0.1, -0.05) is 30.3 Å². The molecule has 1 aliphatic rings. The molecule has 0 atom stereocenters. The SMILES string of the molecule is O=C(Nc1cn[nH]c1C(=O)NC1CCNCC1)c1cc(-c2ccccc2)cs1.[HH]. The Kier molecular flexibility index (Phi) is 5.50. The summed E-state index contributed by atoms with van der Waals surface area (Å²) in [4.78, 5) is 25.8. The van der Waals surface area contributed by atoms with Gasteiger partial charge in [-0.05, 0) is 48.5 Å². The van der Waals surface area contributed by atoms with E-state index in [1.807, 2.05) is 41.8 Å². The van der Waals surface area contributed by atoms with Gasteiger partial charge in [0.1, 0.15) is 5.69 Å². The molecule has 2 aromatic heterocycles. The van der Waals surface area contributed by atoms with E-state index in [0.29, 0.717) is 10.6 Å². The molecular weight excluding hydrogens is 374 g/mol. The van der Waals surface area contributed by atoms with Crippen LogP contribution in [0.5, 0.6) is 0 Å². The molecule has 4 N–H and O–H groups in total. The molecule has 1 saturated heterocycles. The molecule has 8 heteroatoms. The molecule has 0 unspecified atom stereocenters. The highest BCUT2D eigenvalue weighted by Crippen LogP contribution is 2.26. The Labute approximate surface area is 168 Å². The fourth-order valence-corrected chi connectivity index (χ4v) is 4.01. The molecule has 1 aliphatic heterocycles. The molecule has 7 nitrogen and oxygen atoms in total. The van der Waals surface area contributed by atoms with Gasteiger partial charge in [-0.3, -0.25) is 14.7 Å². The van der Waals surface area contributed by atoms with Crippen molar-refractivity contribution in [2.45, 2.75) is 18.9 Å². The van der Waals surface area contributed by atoms with Crippen molar-refractivity contribution in [3.8, 4) is 11.1 Å². The summed E-state index contributed by atoms with van der Waals surface area (Å²) >= 11 is 1.37. The molecule has 0 aliphatic carbocycles. The van der Waals surface area contributed by atoms with E-state index in [1.165, 1.54) is 17.5 Å². The first-order valence-electron chi connectivity index (χ1n) is 9.21. The fourth-order valence-electron chi connectivity index (χ4n) is 3.20. The molecule has 1 fully saturated rings. The summed E-state index contributed by atoms with van der Waals surface area (Å²) in [5.41, 5.74) is 2.70. The van der Waals surface area contributed by atoms with E-state index in [1.54, 1.807) is 0 Å². The van der Waals surface area contributed by atoms with E-state index in [4.69, 9.17) is 0 Å². The van der Waals surface area contributed by atoms with Crippen LogP contribution in [-0.2, 0) is 0 Å². The Morgan fingerprint density at radius 3 is 2.68 bits per heavy atom. The lowest BCUT2D eigenvalue weighted by Gasteiger charge is -2.23. The second-order valence-corrected chi connectivity index (χ2v) is 7.59. The monoisotopic (exact) mass is 397 g/mol. The number of aromatic nitrogens is 2. The molecule has 3 aromatic rings. The predicted octanol–water partition coefficient (Wildman–Crippen LogP) is 3.12. The van der Waals surface area contributed by atoms with E-state index >= 15 is 0 Å². The minimum atomic E-state index is -0.260. The summed E-state index contributed by atoms with van der Waals surface area (Å²) in [6, 6.07) is 11.9. The van der Waals surface area contributed by atoms with Crippen LogP contribution in [0, 0.1) is 0 Å². The second kappa shape index (κ2) is 8.37. The predicted molar refractivity (Wildman–Crippen MR) is 112 cm³/mol. The molecule has 0 saturated carbocycles. The third-order valence-corrected chi connectivity index (χ3v) is 5.65. The molecule has 2 amide bonds. The van der Waals surface area contributed by atoms with Crippen LogP contribution in [0.15, 0.2) is 48.0 Å². The van der Waals surface area contributed by atoms with Crippen LogP contribution in [0.3, 0.4) is 0 Å². The van der Waals surface area contributed by atoms with E-state index in [0.717, 1.165) is 37.1 Å². The number of rotatable bonds is 5. The van der Waals surface area contributed by atoms with Crippen LogP contribution in [0.1, 0.15) is 34.4 Å². The normalized spacial score (nSPS) is 14.6. The smallest absolute Gasteiger partial charge is 0.271 e. The first-order chi connectivity index (χ1) is 13.7. The maximum atomic E-state index is 12.6. The Hall–Kier alpha value is -2.97. The van der Waals surface area contributed by atoms with Gasteiger partial charge in [0.05, 0.1) is 16.8 Å². The van der Waals surface area contributed by atoms with E-state index in [-0.39, 0.29) is 25.0 Å². The van der Waals surface area contributed by atoms with Gasteiger partial charge in [-0.25, -0.2) is 0 Å². The zero-order chi connectivity index (χ0) is 19.3. The summed E-state index contributed by atoms with van der Waals surface area (Å²) in [5, 5.41) is 17.6. The number of anilines is 1. The third-order valence-electron chi connectivity index (χ3n) is 4.72. The van der Waals surface area contributed by atoms with E-state index in [2.05, 4.69) is 26.1 Å². The topological polar surface area (TPSA) is 98.9 Å². The molecule has 146 valence electrons. The van der Waals surface area contributed by atoms with Crippen molar-refractivity contribution in [3.05, 3.63) is 58.5 Å². The number of H-pyrrole nitrogens is 1. The fraction of sp³-hybridized carbons (Fsp3) is 0.250. The highest BCUT2D eigenvalue weighted by atomic mass is 32.1. The lowest BCUT2D eigenvalue weighted by Crippen LogP contribution is -2.43. The van der Waals surface area contributed by atoms with Crippen molar-refractivity contribution < 1.29 is 11.0 Å². The van der Waals surface area contributed by atoms with E-state index in [9.17, 15) is 9.59 Å². The van der Waals surface area contributed by atoms with Crippen molar-refractivity contribution >= 4 is 28.8 Å². The quantitative estimate of drug-likeness (QED) is 0.532. The number of nitrogens with zero attached hydrogens (tertiary/aromatic N) is 1. The number of piperidine rings is 1. The Bertz CT molecular complexity index is 966. The van der Waals surface area contributed by atoms with Crippen LogP contribution in [0.2, 0.25) is 0 Å². The average Bonchev–Trinajstić information content (AvgIpc) is 3.39. The summed E-state index contributed by atoms with van der Waals surface area (Å²) in [5.74, 6) is -0.514. The van der Waals surface area contributed by atoms with Gasteiger partial charge in [0.2, 0.25) is 0 Å². The van der Waals surface area contributed by atoms with Crippen molar-refractivity contribution in [2.24, 2.45) is 0 Å². The maximum Gasteiger partial charge on any atom is 0.271 e. The Morgan fingerprint density at radius 2 is 1.89 bits per heavy atom. The highest BCUT2D eigenvalue weighted by Gasteiger charge is 2.21. The number of carbonyl (C=O) groups is 2. The second-order valence-electron chi connectivity index (χ2n) is 6.68. The summed E-state index contributed by atoms with van der Waals surface area (Å²) in [7, 11) is 0. The van der Waals surface area contributed by atoms with Gasteiger partial charge in [-0.15, -0.1) is 11.3 Å². The molecular formula is C20H23N5O2S. The summed E-state index contributed by atoms with van der Waals surface area (Å²) in [6.07, 6.45) is 3.24. The standard InChI is InChI=1S/C20H21N5O2S.H2/c26-19(17-10-14(12-28-17)13-4-2-1-3-5-13)24-16-11-22-25-18(16)20(27)23-15-6-8-21-9-7-15;/h1-5,10-12,15,21H,6-9H2,(H,22,25)(H,23,27)(H,24,26);1H. The summed E-state index contributed by atoms with van der Waals surface area (Å²) in [6.45, 7) is 1.78. The summed E-state index contributed by atoms with van der Waals surface area (Å²) < 4.78 is 0. The highest BCUT2D eigenvalue weighted by molar-refractivity contribution is 7.12. The van der Waals surface area contributed by atoms with Gasteiger partial charge < -0.3 is 16.0 Å². The van der Waals surface area contributed by atoms with Gasteiger partial charge >= 0.3 is 0 Å². The molecule has 0 spiro atoms. The zero-order valence-corrected chi connectivity index (χ0v) is 16.0. The number of nitrogens with one attached hydrogen (secondary N) is 4. The molecule has 28 heavy (non-hydrogen) atoms. The molecule has 0 radical (unpaired) electrons. The van der Waals surface area contributed by atoms with Crippen LogP contribution in [-0.4, -0.2) is 41.1 Å². The van der Waals surface area contributed by atoms with Crippen molar-refractivity contribution in [1.29, 1.82) is 0 Å². The average molecular weight is 398 g/mol. The van der Waals surface area contributed by atoms with Crippen molar-refractivity contribution in [3.63, 3.8) is 0 Å². The molecule has 4 rings (SSSR count). The minimum absolute atomic E-state index is 0. The lowest BCUT2D eigenvalue weighted by molar-refractivity contribution is 0.0925. The first kappa shape index (κ1) is 18.4. The number of benzene rings is 1. The number of hydrogen-bond donors (Lipinski definition) is 4. The van der Waals surface area contributed by atoms with Gasteiger partial charge in [0, 0.05) is 7.47 Å². The number of carbonyl (C=O) groups excluding carboxylic acids is 2. The molecule has 0 bridgehead atoms. The Morgan fingerprint density at radius 1 is 1.11 bits per heavy atom. The number of hydrogen-bond acceptors (Lipinski definition) is 5. The number of aromatic amines is 1. The lowest BCUT2D eigenvalue weighted by atomic mass is 10.1. The van der Waals surface area contributed by atoms with Crippen molar-refractivity contribution in [1.82, 2.24) is 20.8 Å².